The third kappa shape index (κ3) is 2.06. The monoisotopic (exact) mass is 271 g/mol. The highest BCUT2D eigenvalue weighted by Crippen LogP contribution is 2.28. The van der Waals surface area contributed by atoms with Crippen molar-refractivity contribution in [2.45, 2.75) is 13.8 Å². The van der Waals surface area contributed by atoms with Crippen LogP contribution in [-0.4, -0.2) is 9.97 Å². The summed E-state index contributed by atoms with van der Waals surface area (Å²) in [4.78, 5) is 7.89. The summed E-state index contributed by atoms with van der Waals surface area (Å²) < 4.78 is 0. The number of nitrogen functional groups attached to an aromatic ring is 1. The molecule has 0 aliphatic heterocycles. The van der Waals surface area contributed by atoms with Crippen LogP contribution in [0.5, 0.6) is 0 Å². The zero-order valence-electron chi connectivity index (χ0n) is 10.8. The quantitative estimate of drug-likeness (QED) is 0.655. The van der Waals surface area contributed by atoms with Crippen LogP contribution in [0.1, 0.15) is 11.1 Å². The fraction of sp³-hybridized carbons (Fsp3) is 0.133. The second-order valence-corrected chi connectivity index (χ2v) is 5.19. The smallest absolute Gasteiger partial charge is 0.138 e. The normalized spacial score (nSPS) is 11.1. The molecule has 0 spiro atoms. The molecule has 3 aromatic rings. The van der Waals surface area contributed by atoms with Crippen LogP contribution in [0.3, 0.4) is 0 Å². The van der Waals surface area contributed by atoms with E-state index >= 15 is 0 Å². The summed E-state index contributed by atoms with van der Waals surface area (Å²) in [5.41, 5.74) is 11.9. The summed E-state index contributed by atoms with van der Waals surface area (Å²) in [6.07, 6.45) is 0. The predicted molar refractivity (Wildman–Crippen MR) is 80.4 cm³/mol. The summed E-state index contributed by atoms with van der Waals surface area (Å²) in [5.74, 6) is 0.824. The highest BCUT2D eigenvalue weighted by Gasteiger charge is 2.10. The Labute approximate surface area is 116 Å². The lowest BCUT2D eigenvalue weighted by Crippen LogP contribution is -1.93. The third-order valence-electron chi connectivity index (χ3n) is 3.39. The minimum Gasteiger partial charge on any atom is -0.399 e. The Morgan fingerprint density at radius 2 is 1.95 bits per heavy atom. The Bertz CT molecular complexity index is 774. The van der Waals surface area contributed by atoms with Crippen LogP contribution < -0.4 is 5.73 Å². The van der Waals surface area contributed by atoms with Crippen LogP contribution in [0.4, 0.5) is 5.69 Å². The number of aryl methyl sites for hydroxylation is 1. The van der Waals surface area contributed by atoms with Crippen molar-refractivity contribution in [3.8, 4) is 11.4 Å². The summed E-state index contributed by atoms with van der Waals surface area (Å²) >= 11 is 5.99. The van der Waals surface area contributed by atoms with Gasteiger partial charge in [-0.1, -0.05) is 11.6 Å². The molecule has 3 nitrogen and oxygen atoms in total. The molecular weight excluding hydrogens is 258 g/mol. The van der Waals surface area contributed by atoms with Gasteiger partial charge in [0, 0.05) is 16.3 Å². The molecule has 0 radical (unpaired) electrons. The average molecular weight is 272 g/mol. The fourth-order valence-corrected chi connectivity index (χ4v) is 2.41. The number of aromatic nitrogens is 2. The number of fused-ring (bicyclic) bond motifs is 1. The van der Waals surface area contributed by atoms with Gasteiger partial charge in [-0.15, -0.1) is 0 Å². The number of nitrogens with zero attached hydrogens (tertiary/aromatic N) is 1. The first-order valence-electron chi connectivity index (χ1n) is 6.07. The number of H-pyrrole nitrogens is 1. The van der Waals surface area contributed by atoms with E-state index in [1.807, 2.05) is 30.3 Å². The van der Waals surface area contributed by atoms with Crippen LogP contribution in [0.15, 0.2) is 30.3 Å². The number of halogens is 1. The minimum atomic E-state index is 0.697. The van der Waals surface area contributed by atoms with Gasteiger partial charge in [0.25, 0.3) is 0 Å². The Kier molecular flexibility index (Phi) is 2.72. The first-order valence-corrected chi connectivity index (χ1v) is 6.45. The van der Waals surface area contributed by atoms with E-state index in [4.69, 9.17) is 17.3 Å². The Morgan fingerprint density at radius 3 is 2.74 bits per heavy atom. The summed E-state index contributed by atoms with van der Waals surface area (Å²) in [5, 5.41) is 0.697. The second kappa shape index (κ2) is 4.28. The summed E-state index contributed by atoms with van der Waals surface area (Å²) in [7, 11) is 0. The Hall–Kier alpha value is -2.00. The predicted octanol–water partition coefficient (Wildman–Crippen LogP) is 4.08. The van der Waals surface area contributed by atoms with Crippen molar-refractivity contribution >= 4 is 28.3 Å². The van der Waals surface area contributed by atoms with Crippen LogP contribution >= 0.6 is 11.6 Å². The largest absolute Gasteiger partial charge is 0.399 e. The van der Waals surface area contributed by atoms with Crippen molar-refractivity contribution in [3.63, 3.8) is 0 Å². The molecular formula is C15H14ClN3. The molecule has 0 saturated carbocycles. The van der Waals surface area contributed by atoms with Gasteiger partial charge < -0.3 is 10.7 Å². The van der Waals surface area contributed by atoms with Crippen LogP contribution in [0.25, 0.3) is 22.4 Å². The van der Waals surface area contributed by atoms with Crippen molar-refractivity contribution in [1.29, 1.82) is 0 Å². The van der Waals surface area contributed by atoms with E-state index < -0.39 is 0 Å². The number of aromatic amines is 1. The number of rotatable bonds is 1. The molecule has 3 N–H and O–H groups in total. The maximum atomic E-state index is 5.99. The molecule has 19 heavy (non-hydrogen) atoms. The average Bonchev–Trinajstić information content (AvgIpc) is 2.76. The van der Waals surface area contributed by atoms with Crippen molar-refractivity contribution in [3.05, 3.63) is 46.5 Å². The lowest BCUT2D eigenvalue weighted by Gasteiger charge is -2.07. The molecule has 0 amide bonds. The topological polar surface area (TPSA) is 54.7 Å². The first kappa shape index (κ1) is 12.1. The standard InChI is InChI=1S/C15H14ClN3/c1-8-5-11(17)7-12(9(8)2)15-18-13-4-3-10(16)6-14(13)19-15/h3-7H,17H2,1-2H3,(H,18,19). The van der Waals surface area contributed by atoms with Gasteiger partial charge in [-0.2, -0.15) is 0 Å². The minimum absolute atomic E-state index is 0.697. The molecule has 2 aromatic carbocycles. The molecule has 4 heteroatoms. The van der Waals surface area contributed by atoms with E-state index in [0.29, 0.717) is 5.02 Å². The molecule has 0 saturated heterocycles. The van der Waals surface area contributed by atoms with Gasteiger partial charge in [0.1, 0.15) is 5.82 Å². The highest BCUT2D eigenvalue weighted by atomic mass is 35.5. The molecule has 0 aliphatic carbocycles. The summed E-state index contributed by atoms with van der Waals surface area (Å²) in [6, 6.07) is 9.54. The molecule has 0 atom stereocenters. The maximum Gasteiger partial charge on any atom is 0.138 e. The van der Waals surface area contributed by atoms with E-state index in [0.717, 1.165) is 33.7 Å². The third-order valence-corrected chi connectivity index (χ3v) is 3.62. The Morgan fingerprint density at radius 1 is 1.16 bits per heavy atom. The number of hydrogen-bond donors (Lipinski definition) is 2. The lowest BCUT2D eigenvalue weighted by molar-refractivity contribution is 1.27. The van der Waals surface area contributed by atoms with Crippen molar-refractivity contribution < 1.29 is 0 Å². The Balaban J connectivity index is 2.24. The number of benzene rings is 2. The summed E-state index contributed by atoms with van der Waals surface area (Å²) in [6.45, 7) is 4.12. The molecule has 0 unspecified atom stereocenters. The van der Waals surface area contributed by atoms with E-state index in [1.165, 1.54) is 5.56 Å². The van der Waals surface area contributed by atoms with Gasteiger partial charge >= 0.3 is 0 Å². The number of nitrogens with one attached hydrogen (secondary N) is 1. The lowest BCUT2D eigenvalue weighted by atomic mass is 10.0. The molecule has 1 aromatic heterocycles. The van der Waals surface area contributed by atoms with Gasteiger partial charge in [-0.25, -0.2) is 4.98 Å². The zero-order valence-corrected chi connectivity index (χ0v) is 11.5. The number of imidazole rings is 1. The highest BCUT2D eigenvalue weighted by molar-refractivity contribution is 6.31. The molecule has 0 fully saturated rings. The van der Waals surface area contributed by atoms with Gasteiger partial charge in [-0.05, 0) is 55.3 Å². The molecule has 1 heterocycles. The van der Waals surface area contributed by atoms with Gasteiger partial charge in [0.2, 0.25) is 0 Å². The van der Waals surface area contributed by atoms with Crippen LogP contribution in [0, 0.1) is 13.8 Å². The molecule has 96 valence electrons. The fourth-order valence-electron chi connectivity index (χ4n) is 2.24. The van der Waals surface area contributed by atoms with Crippen LogP contribution in [0.2, 0.25) is 5.02 Å². The van der Waals surface area contributed by atoms with Gasteiger partial charge in [-0.3, -0.25) is 0 Å². The van der Waals surface area contributed by atoms with Crippen molar-refractivity contribution in [2.24, 2.45) is 0 Å². The van der Waals surface area contributed by atoms with Gasteiger partial charge in [0.15, 0.2) is 0 Å². The van der Waals surface area contributed by atoms with Crippen LogP contribution in [-0.2, 0) is 0 Å². The van der Waals surface area contributed by atoms with Gasteiger partial charge in [0.05, 0.1) is 11.0 Å². The van der Waals surface area contributed by atoms with E-state index in [9.17, 15) is 0 Å². The van der Waals surface area contributed by atoms with Crippen molar-refractivity contribution in [1.82, 2.24) is 9.97 Å². The maximum absolute atomic E-state index is 5.99. The molecule has 0 bridgehead atoms. The molecule has 0 aliphatic rings. The number of hydrogen-bond acceptors (Lipinski definition) is 2. The van der Waals surface area contributed by atoms with Crippen molar-refractivity contribution in [2.75, 3.05) is 5.73 Å². The van der Waals surface area contributed by atoms with E-state index in [2.05, 4.69) is 23.8 Å². The first-order chi connectivity index (χ1) is 9.04. The SMILES string of the molecule is Cc1cc(N)cc(-c2nc3ccc(Cl)cc3[nH]2)c1C. The molecule has 3 rings (SSSR count). The van der Waals surface area contributed by atoms with E-state index in [-0.39, 0.29) is 0 Å². The second-order valence-electron chi connectivity index (χ2n) is 4.76. The van der Waals surface area contributed by atoms with E-state index in [1.54, 1.807) is 0 Å². The number of anilines is 1. The number of nitrogens with two attached hydrogens (primary N) is 1. The zero-order chi connectivity index (χ0) is 13.6.